The SMILES string of the molecule is NCC(O)CNCc1ccc2c(c1)C(=O)N(C1CCC(=O)NC1=O)C2=O. The summed E-state index contributed by atoms with van der Waals surface area (Å²) in [6.45, 7) is 0.845. The maximum absolute atomic E-state index is 12.7. The molecule has 1 aromatic rings. The van der Waals surface area contributed by atoms with Crippen LogP contribution in [0.1, 0.15) is 39.1 Å². The first-order chi connectivity index (χ1) is 12.4. The van der Waals surface area contributed by atoms with Crippen LogP contribution >= 0.6 is 0 Å². The lowest BCUT2D eigenvalue weighted by Crippen LogP contribution is -2.54. The number of fused-ring (bicyclic) bond motifs is 1. The Hall–Kier alpha value is -2.62. The molecule has 2 aliphatic rings. The Labute approximate surface area is 149 Å². The zero-order chi connectivity index (χ0) is 18.8. The van der Waals surface area contributed by atoms with Gasteiger partial charge in [0.05, 0.1) is 17.2 Å². The van der Waals surface area contributed by atoms with E-state index in [9.17, 15) is 24.3 Å². The average Bonchev–Trinajstić information content (AvgIpc) is 2.86. The third kappa shape index (κ3) is 3.36. The Morgan fingerprint density at radius 2 is 1.96 bits per heavy atom. The zero-order valence-corrected chi connectivity index (χ0v) is 14.0. The number of nitrogens with one attached hydrogen (secondary N) is 2. The Kier molecular flexibility index (Phi) is 5.12. The van der Waals surface area contributed by atoms with Crippen LogP contribution in [0.15, 0.2) is 18.2 Å². The highest BCUT2D eigenvalue weighted by molar-refractivity contribution is 6.23. The van der Waals surface area contributed by atoms with E-state index in [1.807, 2.05) is 0 Å². The van der Waals surface area contributed by atoms with Gasteiger partial charge in [-0.2, -0.15) is 0 Å². The summed E-state index contributed by atoms with van der Waals surface area (Å²) in [5.74, 6) is -2.11. The number of imide groups is 2. The van der Waals surface area contributed by atoms with Crippen LogP contribution in [-0.4, -0.2) is 58.9 Å². The van der Waals surface area contributed by atoms with E-state index in [2.05, 4.69) is 10.6 Å². The predicted octanol–water partition coefficient (Wildman–Crippen LogP) is -1.50. The second kappa shape index (κ2) is 7.32. The molecule has 0 saturated carbocycles. The molecule has 1 aromatic carbocycles. The van der Waals surface area contributed by atoms with Crippen molar-refractivity contribution in [1.82, 2.24) is 15.5 Å². The molecule has 9 heteroatoms. The predicted molar refractivity (Wildman–Crippen MR) is 89.9 cm³/mol. The van der Waals surface area contributed by atoms with Crippen molar-refractivity contribution in [3.05, 3.63) is 34.9 Å². The quantitative estimate of drug-likeness (QED) is 0.452. The standard InChI is InChI=1S/C17H20N4O5/c18-6-10(22)8-19-7-9-1-2-11-12(5-9)17(26)21(16(11)25)13-3-4-14(23)20-15(13)24/h1-2,5,10,13,19,22H,3-4,6-8,18H2,(H,20,23,24). The molecule has 9 nitrogen and oxygen atoms in total. The molecule has 2 unspecified atom stereocenters. The van der Waals surface area contributed by atoms with Crippen LogP contribution in [0, 0.1) is 0 Å². The number of carbonyl (C=O) groups excluding carboxylic acids is 4. The molecule has 26 heavy (non-hydrogen) atoms. The molecule has 2 aliphatic heterocycles. The smallest absolute Gasteiger partial charge is 0.262 e. The third-order valence-electron chi connectivity index (χ3n) is 4.49. The maximum atomic E-state index is 12.7. The summed E-state index contributed by atoms with van der Waals surface area (Å²) in [5.41, 5.74) is 6.57. The van der Waals surface area contributed by atoms with Gasteiger partial charge >= 0.3 is 0 Å². The van der Waals surface area contributed by atoms with Crippen LogP contribution < -0.4 is 16.4 Å². The molecule has 2 heterocycles. The van der Waals surface area contributed by atoms with Crippen molar-refractivity contribution in [1.29, 1.82) is 0 Å². The minimum Gasteiger partial charge on any atom is -0.390 e. The van der Waals surface area contributed by atoms with Crippen LogP contribution in [-0.2, 0) is 16.1 Å². The molecule has 4 amide bonds. The van der Waals surface area contributed by atoms with E-state index in [-0.39, 0.29) is 30.5 Å². The van der Waals surface area contributed by atoms with Gasteiger partial charge in [0, 0.05) is 26.1 Å². The van der Waals surface area contributed by atoms with Crippen molar-refractivity contribution in [2.75, 3.05) is 13.1 Å². The summed E-state index contributed by atoms with van der Waals surface area (Å²) in [6.07, 6.45) is -0.445. The lowest BCUT2D eigenvalue weighted by Gasteiger charge is -2.27. The molecule has 1 saturated heterocycles. The van der Waals surface area contributed by atoms with Gasteiger partial charge in [-0.3, -0.25) is 29.4 Å². The van der Waals surface area contributed by atoms with Crippen LogP contribution in [0.5, 0.6) is 0 Å². The fourth-order valence-electron chi connectivity index (χ4n) is 3.09. The number of hydrogen-bond donors (Lipinski definition) is 4. The minimum atomic E-state index is -0.971. The summed E-state index contributed by atoms with van der Waals surface area (Å²) >= 11 is 0. The number of amides is 4. The van der Waals surface area contributed by atoms with E-state index in [0.717, 1.165) is 10.5 Å². The monoisotopic (exact) mass is 360 g/mol. The van der Waals surface area contributed by atoms with Crippen molar-refractivity contribution in [3.63, 3.8) is 0 Å². The summed E-state index contributed by atoms with van der Waals surface area (Å²) in [4.78, 5) is 49.5. The molecule has 0 bridgehead atoms. The zero-order valence-electron chi connectivity index (χ0n) is 14.0. The summed E-state index contributed by atoms with van der Waals surface area (Å²) in [6, 6.07) is 3.89. The van der Waals surface area contributed by atoms with Crippen LogP contribution in [0.4, 0.5) is 0 Å². The van der Waals surface area contributed by atoms with Gasteiger partial charge in [-0.15, -0.1) is 0 Å². The van der Waals surface area contributed by atoms with Crippen LogP contribution in [0.2, 0.25) is 0 Å². The summed E-state index contributed by atoms with van der Waals surface area (Å²) in [7, 11) is 0. The first-order valence-corrected chi connectivity index (χ1v) is 8.35. The molecule has 1 fully saturated rings. The van der Waals surface area contributed by atoms with E-state index in [1.165, 1.54) is 0 Å². The molecule has 138 valence electrons. The van der Waals surface area contributed by atoms with Crippen molar-refractivity contribution < 1.29 is 24.3 Å². The van der Waals surface area contributed by atoms with Gasteiger partial charge in [0.1, 0.15) is 6.04 Å². The van der Waals surface area contributed by atoms with Gasteiger partial charge in [-0.25, -0.2) is 0 Å². The largest absolute Gasteiger partial charge is 0.390 e. The maximum Gasteiger partial charge on any atom is 0.262 e. The summed E-state index contributed by atoms with van der Waals surface area (Å²) < 4.78 is 0. The molecule has 0 aromatic heterocycles. The Bertz CT molecular complexity index is 778. The van der Waals surface area contributed by atoms with E-state index in [1.54, 1.807) is 18.2 Å². The number of nitrogens with zero attached hydrogens (tertiary/aromatic N) is 1. The molecule has 2 atom stereocenters. The molecule has 3 rings (SSSR count). The third-order valence-corrected chi connectivity index (χ3v) is 4.49. The van der Waals surface area contributed by atoms with Crippen molar-refractivity contribution in [3.8, 4) is 0 Å². The van der Waals surface area contributed by atoms with Crippen molar-refractivity contribution >= 4 is 23.6 Å². The number of rotatable bonds is 6. The topological polar surface area (TPSA) is 142 Å². The highest BCUT2D eigenvalue weighted by Crippen LogP contribution is 2.28. The molecular formula is C17H20N4O5. The number of nitrogens with two attached hydrogens (primary N) is 1. The summed E-state index contributed by atoms with van der Waals surface area (Å²) in [5, 5.41) is 14.6. The number of aliphatic hydroxyl groups is 1. The van der Waals surface area contributed by atoms with Gasteiger partial charge in [-0.1, -0.05) is 6.07 Å². The lowest BCUT2D eigenvalue weighted by molar-refractivity contribution is -0.136. The number of benzene rings is 1. The van der Waals surface area contributed by atoms with E-state index >= 15 is 0 Å². The van der Waals surface area contributed by atoms with Gasteiger partial charge in [0.25, 0.3) is 11.8 Å². The fourth-order valence-corrected chi connectivity index (χ4v) is 3.09. The molecule has 5 N–H and O–H groups in total. The minimum absolute atomic E-state index is 0.0858. The van der Waals surface area contributed by atoms with Gasteiger partial charge in [0.15, 0.2) is 0 Å². The second-order valence-corrected chi connectivity index (χ2v) is 6.35. The molecular weight excluding hydrogens is 340 g/mol. The number of aliphatic hydroxyl groups excluding tert-OH is 1. The number of hydrogen-bond acceptors (Lipinski definition) is 7. The normalized spacial score (nSPS) is 21.0. The van der Waals surface area contributed by atoms with Crippen LogP contribution in [0.25, 0.3) is 0 Å². The van der Waals surface area contributed by atoms with Gasteiger partial charge < -0.3 is 16.2 Å². The average molecular weight is 360 g/mol. The molecule has 0 radical (unpaired) electrons. The Morgan fingerprint density at radius 1 is 1.23 bits per heavy atom. The van der Waals surface area contributed by atoms with Gasteiger partial charge in [0.2, 0.25) is 11.8 Å². The highest BCUT2D eigenvalue weighted by Gasteiger charge is 2.44. The first kappa shape index (κ1) is 18.2. The lowest BCUT2D eigenvalue weighted by atomic mass is 10.0. The fraction of sp³-hybridized carbons (Fsp3) is 0.412. The Morgan fingerprint density at radius 3 is 2.65 bits per heavy atom. The number of piperidine rings is 1. The Balaban J connectivity index is 1.75. The van der Waals surface area contributed by atoms with Crippen molar-refractivity contribution in [2.24, 2.45) is 5.73 Å². The molecule has 0 aliphatic carbocycles. The first-order valence-electron chi connectivity index (χ1n) is 8.35. The van der Waals surface area contributed by atoms with E-state index in [0.29, 0.717) is 13.1 Å². The number of carbonyl (C=O) groups is 4. The molecule has 0 spiro atoms. The van der Waals surface area contributed by atoms with E-state index in [4.69, 9.17) is 5.73 Å². The van der Waals surface area contributed by atoms with Crippen molar-refractivity contribution in [2.45, 2.75) is 31.5 Å². The van der Waals surface area contributed by atoms with Gasteiger partial charge in [-0.05, 0) is 24.1 Å². The highest BCUT2D eigenvalue weighted by atomic mass is 16.3. The second-order valence-electron chi connectivity index (χ2n) is 6.35. The van der Waals surface area contributed by atoms with E-state index < -0.39 is 35.8 Å². The van der Waals surface area contributed by atoms with Crippen LogP contribution in [0.3, 0.4) is 0 Å².